The van der Waals surface area contributed by atoms with Gasteiger partial charge in [-0.2, -0.15) is 0 Å². The first-order valence-corrected chi connectivity index (χ1v) is 9.28. The summed E-state index contributed by atoms with van der Waals surface area (Å²) in [5, 5.41) is 6.76. The third kappa shape index (κ3) is 7.99. The van der Waals surface area contributed by atoms with Crippen molar-refractivity contribution < 1.29 is 4.74 Å². The summed E-state index contributed by atoms with van der Waals surface area (Å²) in [6.45, 7) is 12.9. The molecular formula is C17H35N5O. The van der Waals surface area contributed by atoms with E-state index in [-0.39, 0.29) is 0 Å². The Hall–Kier alpha value is -0.850. The van der Waals surface area contributed by atoms with Crippen LogP contribution in [0.3, 0.4) is 0 Å². The predicted molar refractivity (Wildman–Crippen MR) is 96.1 cm³/mol. The number of piperazine rings is 1. The van der Waals surface area contributed by atoms with Gasteiger partial charge in [-0.25, -0.2) is 0 Å². The van der Waals surface area contributed by atoms with Crippen LogP contribution in [0.2, 0.25) is 0 Å². The van der Waals surface area contributed by atoms with Gasteiger partial charge in [0.05, 0.1) is 0 Å². The summed E-state index contributed by atoms with van der Waals surface area (Å²) in [6.07, 6.45) is 3.76. The molecule has 0 spiro atoms. The van der Waals surface area contributed by atoms with Crippen LogP contribution in [-0.2, 0) is 4.74 Å². The predicted octanol–water partition coefficient (Wildman–Crippen LogP) is 0.606. The molecule has 6 nitrogen and oxygen atoms in total. The van der Waals surface area contributed by atoms with E-state index >= 15 is 0 Å². The Kier molecular flexibility index (Phi) is 8.71. The SMILES string of the molecule is CCN1CCN(CCNC(=NC)NCCCOCC2CC2)CC1. The van der Waals surface area contributed by atoms with Crippen LogP contribution in [0.5, 0.6) is 0 Å². The smallest absolute Gasteiger partial charge is 0.191 e. The molecule has 1 aliphatic heterocycles. The van der Waals surface area contributed by atoms with Gasteiger partial charge in [0, 0.05) is 66.1 Å². The molecule has 2 aliphatic rings. The van der Waals surface area contributed by atoms with Gasteiger partial charge in [0.15, 0.2) is 5.96 Å². The summed E-state index contributed by atoms with van der Waals surface area (Å²) in [5.74, 6) is 1.76. The summed E-state index contributed by atoms with van der Waals surface area (Å²) >= 11 is 0. The zero-order chi connectivity index (χ0) is 16.3. The van der Waals surface area contributed by atoms with E-state index in [1.54, 1.807) is 0 Å². The number of hydrogen-bond donors (Lipinski definition) is 2. The number of rotatable bonds is 10. The molecule has 1 saturated heterocycles. The van der Waals surface area contributed by atoms with Crippen LogP contribution in [0.15, 0.2) is 4.99 Å². The van der Waals surface area contributed by atoms with Gasteiger partial charge in [0.1, 0.15) is 0 Å². The fraction of sp³-hybridized carbons (Fsp3) is 0.941. The summed E-state index contributed by atoms with van der Waals surface area (Å²) in [4.78, 5) is 9.31. The second kappa shape index (κ2) is 10.8. The second-order valence-electron chi connectivity index (χ2n) is 6.57. The molecule has 0 aromatic heterocycles. The van der Waals surface area contributed by atoms with Crippen LogP contribution < -0.4 is 10.6 Å². The Morgan fingerprint density at radius 2 is 1.78 bits per heavy atom. The fourth-order valence-electron chi connectivity index (χ4n) is 2.80. The Labute approximate surface area is 141 Å². The fourth-order valence-corrected chi connectivity index (χ4v) is 2.80. The molecular weight excluding hydrogens is 290 g/mol. The van der Waals surface area contributed by atoms with Crippen molar-refractivity contribution in [3.05, 3.63) is 0 Å². The van der Waals surface area contributed by atoms with Gasteiger partial charge in [-0.1, -0.05) is 6.92 Å². The minimum atomic E-state index is 0.849. The maximum absolute atomic E-state index is 5.64. The summed E-state index contributed by atoms with van der Waals surface area (Å²) < 4.78 is 5.64. The van der Waals surface area contributed by atoms with E-state index in [0.29, 0.717) is 0 Å². The lowest BCUT2D eigenvalue weighted by Crippen LogP contribution is -2.49. The lowest BCUT2D eigenvalue weighted by Gasteiger charge is -2.34. The number of ether oxygens (including phenoxy) is 1. The monoisotopic (exact) mass is 325 g/mol. The number of nitrogens with one attached hydrogen (secondary N) is 2. The maximum Gasteiger partial charge on any atom is 0.191 e. The third-order valence-electron chi connectivity index (χ3n) is 4.66. The van der Waals surface area contributed by atoms with Gasteiger partial charge in [-0.05, 0) is 31.7 Å². The molecule has 1 aliphatic carbocycles. The highest BCUT2D eigenvalue weighted by Gasteiger charge is 2.20. The van der Waals surface area contributed by atoms with Gasteiger partial charge in [0.2, 0.25) is 0 Å². The molecule has 0 aromatic carbocycles. The quantitative estimate of drug-likeness (QED) is 0.350. The molecule has 0 bridgehead atoms. The third-order valence-corrected chi connectivity index (χ3v) is 4.66. The Morgan fingerprint density at radius 1 is 1.09 bits per heavy atom. The highest BCUT2D eigenvalue weighted by Crippen LogP contribution is 2.28. The summed E-state index contributed by atoms with van der Waals surface area (Å²) in [6, 6.07) is 0. The van der Waals surface area contributed by atoms with E-state index in [2.05, 4.69) is 32.3 Å². The topological polar surface area (TPSA) is 52.1 Å². The molecule has 0 amide bonds. The van der Waals surface area contributed by atoms with E-state index < -0.39 is 0 Å². The molecule has 23 heavy (non-hydrogen) atoms. The summed E-state index contributed by atoms with van der Waals surface area (Å²) in [5.41, 5.74) is 0. The average molecular weight is 326 g/mol. The first-order valence-electron chi connectivity index (χ1n) is 9.28. The lowest BCUT2D eigenvalue weighted by molar-refractivity contribution is 0.123. The van der Waals surface area contributed by atoms with Gasteiger partial charge < -0.3 is 20.3 Å². The van der Waals surface area contributed by atoms with Crippen LogP contribution in [0.25, 0.3) is 0 Å². The van der Waals surface area contributed by atoms with Crippen molar-refractivity contribution in [2.45, 2.75) is 26.2 Å². The van der Waals surface area contributed by atoms with E-state index in [9.17, 15) is 0 Å². The molecule has 0 atom stereocenters. The zero-order valence-electron chi connectivity index (χ0n) is 15.0. The van der Waals surface area contributed by atoms with E-state index in [1.165, 1.54) is 45.6 Å². The Morgan fingerprint density at radius 3 is 2.43 bits per heavy atom. The molecule has 0 aromatic rings. The van der Waals surface area contributed by atoms with Crippen molar-refractivity contribution in [3.63, 3.8) is 0 Å². The molecule has 1 heterocycles. The molecule has 0 unspecified atom stereocenters. The van der Waals surface area contributed by atoms with Crippen molar-refractivity contribution >= 4 is 5.96 Å². The van der Waals surface area contributed by atoms with Crippen molar-refractivity contribution in [2.75, 3.05) is 72.6 Å². The standard InChI is InChI=1S/C17H35N5O/c1-3-21-10-12-22(13-11-21)9-8-20-17(18-2)19-7-4-14-23-15-16-5-6-16/h16H,3-15H2,1-2H3,(H2,18,19,20). The Balaban J connectivity index is 1.44. The average Bonchev–Trinajstić information content (AvgIpc) is 3.41. The van der Waals surface area contributed by atoms with Crippen molar-refractivity contribution in [1.82, 2.24) is 20.4 Å². The minimum Gasteiger partial charge on any atom is -0.381 e. The van der Waals surface area contributed by atoms with E-state index in [4.69, 9.17) is 4.74 Å². The van der Waals surface area contributed by atoms with Crippen molar-refractivity contribution in [1.29, 1.82) is 0 Å². The number of nitrogens with zero attached hydrogens (tertiary/aromatic N) is 3. The number of hydrogen-bond acceptors (Lipinski definition) is 4. The lowest BCUT2D eigenvalue weighted by atomic mass is 10.3. The van der Waals surface area contributed by atoms with Gasteiger partial charge in [0.25, 0.3) is 0 Å². The van der Waals surface area contributed by atoms with Crippen LogP contribution in [0.1, 0.15) is 26.2 Å². The highest BCUT2D eigenvalue weighted by atomic mass is 16.5. The van der Waals surface area contributed by atoms with Crippen LogP contribution >= 0.6 is 0 Å². The second-order valence-corrected chi connectivity index (χ2v) is 6.57. The first kappa shape index (κ1) is 18.5. The molecule has 0 radical (unpaired) electrons. The normalized spacial score (nSPS) is 20.7. The van der Waals surface area contributed by atoms with Crippen LogP contribution in [-0.4, -0.2) is 88.4 Å². The summed E-state index contributed by atoms with van der Waals surface area (Å²) in [7, 11) is 1.83. The molecule has 2 N–H and O–H groups in total. The first-order chi connectivity index (χ1) is 11.3. The molecule has 2 fully saturated rings. The molecule has 1 saturated carbocycles. The van der Waals surface area contributed by atoms with Gasteiger partial charge >= 0.3 is 0 Å². The molecule has 6 heteroatoms. The van der Waals surface area contributed by atoms with Gasteiger partial charge in [-0.15, -0.1) is 0 Å². The maximum atomic E-state index is 5.64. The number of aliphatic imine (C=N–C) groups is 1. The van der Waals surface area contributed by atoms with E-state index in [1.807, 2.05) is 7.05 Å². The Bertz CT molecular complexity index is 338. The zero-order valence-corrected chi connectivity index (χ0v) is 15.0. The van der Waals surface area contributed by atoms with Gasteiger partial charge in [-0.3, -0.25) is 9.89 Å². The highest BCUT2D eigenvalue weighted by molar-refractivity contribution is 5.79. The van der Waals surface area contributed by atoms with Crippen LogP contribution in [0.4, 0.5) is 0 Å². The van der Waals surface area contributed by atoms with E-state index in [0.717, 1.165) is 51.1 Å². The number of guanidine groups is 1. The largest absolute Gasteiger partial charge is 0.381 e. The molecule has 134 valence electrons. The van der Waals surface area contributed by atoms with Crippen molar-refractivity contribution in [3.8, 4) is 0 Å². The number of likely N-dealkylation sites (N-methyl/N-ethyl adjacent to an activating group) is 1. The van der Waals surface area contributed by atoms with Crippen LogP contribution in [0, 0.1) is 5.92 Å². The molecule has 2 rings (SSSR count). The van der Waals surface area contributed by atoms with Crippen molar-refractivity contribution in [2.24, 2.45) is 10.9 Å². The minimum absolute atomic E-state index is 0.849.